The second-order valence-corrected chi connectivity index (χ2v) is 6.44. The molecule has 0 aliphatic carbocycles. The van der Waals surface area contributed by atoms with Gasteiger partial charge in [0.15, 0.2) is 5.82 Å². The summed E-state index contributed by atoms with van der Waals surface area (Å²) in [6, 6.07) is 4.26. The van der Waals surface area contributed by atoms with Crippen molar-refractivity contribution in [1.29, 1.82) is 0 Å². The predicted octanol–water partition coefficient (Wildman–Crippen LogP) is 1.93. The Morgan fingerprint density at radius 3 is 2.95 bits per heavy atom. The number of hydrogen-bond acceptors (Lipinski definition) is 6. The summed E-state index contributed by atoms with van der Waals surface area (Å²) in [5.74, 6) is 1.08. The van der Waals surface area contributed by atoms with Gasteiger partial charge in [0, 0.05) is 24.0 Å². The molecule has 0 unspecified atom stereocenters. The van der Waals surface area contributed by atoms with Gasteiger partial charge in [0.2, 0.25) is 5.91 Å². The van der Waals surface area contributed by atoms with Crippen LogP contribution in [0.2, 0.25) is 0 Å². The third kappa shape index (κ3) is 3.34. The average Bonchev–Trinajstić information content (AvgIpc) is 3.12. The normalized spacial score (nSPS) is 16.3. The second kappa shape index (κ2) is 6.32. The van der Waals surface area contributed by atoms with E-state index >= 15 is 0 Å². The van der Waals surface area contributed by atoms with E-state index in [2.05, 4.69) is 19.0 Å². The standard InChI is InChI=1S/C13H16N4OS2/c18-13(8-11-2-1-7-19-11)15-10-3-5-17(6-4-10)12-9-14-20-16-12/h1-2,7,9-10H,3-6,8H2,(H,15,18). The third-order valence-corrected chi connectivity index (χ3v) is 4.79. The summed E-state index contributed by atoms with van der Waals surface area (Å²) in [6.07, 6.45) is 4.23. The van der Waals surface area contributed by atoms with Crippen LogP contribution in [-0.4, -0.2) is 33.8 Å². The number of carbonyl (C=O) groups excluding carboxylic acids is 1. The van der Waals surface area contributed by atoms with Crippen LogP contribution in [0.3, 0.4) is 0 Å². The van der Waals surface area contributed by atoms with Crippen LogP contribution in [0.15, 0.2) is 23.7 Å². The molecular weight excluding hydrogens is 292 g/mol. The van der Waals surface area contributed by atoms with Gasteiger partial charge in [-0.05, 0) is 24.3 Å². The summed E-state index contributed by atoms with van der Waals surface area (Å²) < 4.78 is 8.27. The van der Waals surface area contributed by atoms with Crippen molar-refractivity contribution in [2.75, 3.05) is 18.0 Å². The van der Waals surface area contributed by atoms with Crippen LogP contribution in [0.4, 0.5) is 5.82 Å². The van der Waals surface area contributed by atoms with Crippen LogP contribution in [-0.2, 0) is 11.2 Å². The van der Waals surface area contributed by atoms with Crippen molar-refractivity contribution in [2.45, 2.75) is 25.3 Å². The van der Waals surface area contributed by atoms with E-state index < -0.39 is 0 Å². The maximum atomic E-state index is 12.0. The molecule has 5 nitrogen and oxygen atoms in total. The SMILES string of the molecule is O=C(Cc1cccs1)NC1CCN(c2cnsn2)CC1. The van der Waals surface area contributed by atoms with Gasteiger partial charge in [-0.1, -0.05) is 6.07 Å². The molecule has 3 rings (SSSR count). The third-order valence-electron chi connectivity index (χ3n) is 3.45. The first-order valence-electron chi connectivity index (χ1n) is 6.65. The molecule has 0 spiro atoms. The Hall–Kier alpha value is -1.47. The molecule has 7 heteroatoms. The van der Waals surface area contributed by atoms with E-state index in [9.17, 15) is 4.79 Å². The minimum absolute atomic E-state index is 0.126. The number of hydrogen-bond donors (Lipinski definition) is 1. The highest BCUT2D eigenvalue weighted by atomic mass is 32.1. The first-order valence-corrected chi connectivity index (χ1v) is 8.26. The lowest BCUT2D eigenvalue weighted by atomic mass is 10.0. The molecule has 0 radical (unpaired) electrons. The van der Waals surface area contributed by atoms with Crippen molar-refractivity contribution in [3.05, 3.63) is 28.6 Å². The van der Waals surface area contributed by atoms with Gasteiger partial charge >= 0.3 is 0 Å². The molecule has 106 valence electrons. The molecule has 0 saturated carbocycles. The first-order chi connectivity index (χ1) is 9.81. The molecule has 2 aromatic heterocycles. The average molecular weight is 308 g/mol. The Bertz CT molecular complexity index is 533. The number of nitrogens with zero attached hydrogens (tertiary/aromatic N) is 3. The monoisotopic (exact) mass is 308 g/mol. The smallest absolute Gasteiger partial charge is 0.225 e. The van der Waals surface area contributed by atoms with Crippen LogP contribution in [0, 0.1) is 0 Å². The summed E-state index contributed by atoms with van der Waals surface area (Å²) in [5, 5.41) is 5.13. The van der Waals surface area contributed by atoms with Crippen LogP contribution in [0.25, 0.3) is 0 Å². The van der Waals surface area contributed by atoms with Crippen LogP contribution < -0.4 is 10.2 Å². The Kier molecular flexibility index (Phi) is 4.27. The van der Waals surface area contributed by atoms with Crippen LogP contribution in [0.1, 0.15) is 17.7 Å². The topological polar surface area (TPSA) is 58.1 Å². The van der Waals surface area contributed by atoms with Crippen molar-refractivity contribution in [1.82, 2.24) is 14.1 Å². The van der Waals surface area contributed by atoms with E-state index in [4.69, 9.17) is 0 Å². The number of thiophene rings is 1. The zero-order valence-electron chi connectivity index (χ0n) is 11.0. The summed E-state index contributed by atoms with van der Waals surface area (Å²) in [7, 11) is 0. The van der Waals surface area contributed by atoms with Gasteiger partial charge in [-0.15, -0.1) is 11.3 Å². The van der Waals surface area contributed by atoms with Gasteiger partial charge in [0.1, 0.15) is 0 Å². The lowest BCUT2D eigenvalue weighted by molar-refractivity contribution is -0.121. The van der Waals surface area contributed by atoms with Gasteiger partial charge in [0.25, 0.3) is 0 Å². The number of aromatic nitrogens is 2. The van der Waals surface area contributed by atoms with E-state index in [1.165, 1.54) is 11.7 Å². The maximum absolute atomic E-state index is 12.0. The Balaban J connectivity index is 1.45. The van der Waals surface area contributed by atoms with Gasteiger partial charge in [-0.25, -0.2) is 0 Å². The van der Waals surface area contributed by atoms with Crippen molar-refractivity contribution in [3.8, 4) is 0 Å². The number of rotatable bonds is 4. The fourth-order valence-electron chi connectivity index (χ4n) is 2.40. The van der Waals surface area contributed by atoms with Crippen LogP contribution >= 0.6 is 23.1 Å². The highest BCUT2D eigenvalue weighted by Crippen LogP contribution is 2.18. The molecule has 0 bridgehead atoms. The van der Waals surface area contributed by atoms with E-state index in [0.717, 1.165) is 36.6 Å². The second-order valence-electron chi connectivity index (χ2n) is 4.85. The minimum atomic E-state index is 0.126. The summed E-state index contributed by atoms with van der Waals surface area (Å²) in [4.78, 5) is 15.3. The summed E-state index contributed by atoms with van der Waals surface area (Å²) in [5.41, 5.74) is 0. The molecule has 20 heavy (non-hydrogen) atoms. The molecule has 1 amide bonds. The lowest BCUT2D eigenvalue weighted by Crippen LogP contribution is -2.45. The Morgan fingerprint density at radius 1 is 1.45 bits per heavy atom. The minimum Gasteiger partial charge on any atom is -0.354 e. The summed E-state index contributed by atoms with van der Waals surface area (Å²) in [6.45, 7) is 1.85. The molecule has 2 aromatic rings. The fourth-order valence-corrected chi connectivity index (χ4v) is 3.54. The summed E-state index contributed by atoms with van der Waals surface area (Å²) >= 11 is 2.87. The van der Waals surface area contributed by atoms with Gasteiger partial charge in [-0.3, -0.25) is 4.79 Å². The molecule has 0 aromatic carbocycles. The van der Waals surface area contributed by atoms with Crippen molar-refractivity contribution in [3.63, 3.8) is 0 Å². The van der Waals surface area contributed by atoms with Gasteiger partial charge < -0.3 is 10.2 Å². The molecule has 3 heterocycles. The van der Waals surface area contributed by atoms with E-state index in [0.29, 0.717) is 6.42 Å². The highest BCUT2D eigenvalue weighted by Gasteiger charge is 2.22. The van der Waals surface area contributed by atoms with E-state index in [1.54, 1.807) is 17.5 Å². The van der Waals surface area contributed by atoms with E-state index in [-0.39, 0.29) is 11.9 Å². The molecule has 1 N–H and O–H groups in total. The lowest BCUT2D eigenvalue weighted by Gasteiger charge is -2.32. The quantitative estimate of drug-likeness (QED) is 0.937. The zero-order chi connectivity index (χ0) is 13.8. The predicted molar refractivity (Wildman–Crippen MR) is 81.3 cm³/mol. The molecular formula is C13H16N4OS2. The van der Waals surface area contributed by atoms with E-state index in [1.807, 2.05) is 17.5 Å². The number of piperidine rings is 1. The molecule has 1 aliphatic heterocycles. The molecule has 0 atom stereocenters. The first kappa shape index (κ1) is 13.5. The van der Waals surface area contributed by atoms with Crippen LogP contribution in [0.5, 0.6) is 0 Å². The fraction of sp³-hybridized carbons (Fsp3) is 0.462. The number of amides is 1. The van der Waals surface area contributed by atoms with Crippen molar-refractivity contribution >= 4 is 34.8 Å². The largest absolute Gasteiger partial charge is 0.354 e. The molecule has 1 saturated heterocycles. The van der Waals surface area contributed by atoms with Gasteiger partial charge in [-0.2, -0.15) is 8.75 Å². The Labute approximate surface area is 126 Å². The number of anilines is 1. The Morgan fingerprint density at radius 2 is 2.30 bits per heavy atom. The van der Waals surface area contributed by atoms with Gasteiger partial charge in [0.05, 0.1) is 24.3 Å². The zero-order valence-corrected chi connectivity index (χ0v) is 12.6. The highest BCUT2D eigenvalue weighted by molar-refractivity contribution is 7.10. The maximum Gasteiger partial charge on any atom is 0.225 e. The van der Waals surface area contributed by atoms with Crippen molar-refractivity contribution < 1.29 is 4.79 Å². The molecule has 1 fully saturated rings. The van der Waals surface area contributed by atoms with Crippen molar-refractivity contribution in [2.24, 2.45) is 0 Å². The number of nitrogens with one attached hydrogen (secondary N) is 1. The molecule has 1 aliphatic rings. The number of carbonyl (C=O) groups is 1.